The molecule has 3 aromatic rings. The SMILES string of the molecule is NC(=O)Cc1cc(OCc2ccccc2)cc(OCc2ccccc2)c1. The topological polar surface area (TPSA) is 61.6 Å². The highest BCUT2D eigenvalue weighted by atomic mass is 16.5. The molecule has 3 rings (SSSR count). The minimum absolute atomic E-state index is 0.143. The van der Waals surface area contributed by atoms with E-state index in [4.69, 9.17) is 15.2 Å². The molecule has 26 heavy (non-hydrogen) atoms. The van der Waals surface area contributed by atoms with E-state index >= 15 is 0 Å². The second-order valence-electron chi connectivity index (χ2n) is 6.00. The van der Waals surface area contributed by atoms with E-state index in [2.05, 4.69) is 0 Å². The molecule has 0 unspecified atom stereocenters. The van der Waals surface area contributed by atoms with Gasteiger partial charge in [-0.05, 0) is 28.8 Å². The Morgan fingerprint density at radius 2 is 1.15 bits per heavy atom. The lowest BCUT2D eigenvalue weighted by atomic mass is 10.1. The summed E-state index contributed by atoms with van der Waals surface area (Å²) in [7, 11) is 0. The molecule has 132 valence electrons. The molecular formula is C22H21NO3. The average Bonchev–Trinajstić information content (AvgIpc) is 2.66. The van der Waals surface area contributed by atoms with Crippen LogP contribution in [0.15, 0.2) is 78.9 Å². The number of rotatable bonds is 8. The van der Waals surface area contributed by atoms with Crippen LogP contribution >= 0.6 is 0 Å². The van der Waals surface area contributed by atoms with Crippen LogP contribution in [0.5, 0.6) is 11.5 Å². The number of amides is 1. The minimum Gasteiger partial charge on any atom is -0.489 e. The summed E-state index contributed by atoms with van der Waals surface area (Å²) in [6, 6.07) is 25.3. The predicted molar refractivity (Wildman–Crippen MR) is 101 cm³/mol. The number of hydrogen-bond donors (Lipinski definition) is 1. The second-order valence-corrected chi connectivity index (χ2v) is 6.00. The molecule has 0 saturated heterocycles. The van der Waals surface area contributed by atoms with Gasteiger partial charge in [0, 0.05) is 6.07 Å². The summed E-state index contributed by atoms with van der Waals surface area (Å²) in [5.41, 5.74) is 8.24. The van der Waals surface area contributed by atoms with Gasteiger partial charge in [0.2, 0.25) is 5.91 Å². The number of primary amides is 1. The summed E-state index contributed by atoms with van der Waals surface area (Å²) in [6.45, 7) is 0.887. The van der Waals surface area contributed by atoms with Gasteiger partial charge < -0.3 is 15.2 Å². The summed E-state index contributed by atoms with van der Waals surface area (Å²) >= 11 is 0. The summed E-state index contributed by atoms with van der Waals surface area (Å²) < 4.78 is 11.7. The highest BCUT2D eigenvalue weighted by Gasteiger charge is 2.07. The van der Waals surface area contributed by atoms with Gasteiger partial charge in [0.15, 0.2) is 0 Å². The van der Waals surface area contributed by atoms with E-state index in [1.165, 1.54) is 0 Å². The van der Waals surface area contributed by atoms with Crippen molar-refractivity contribution in [3.05, 3.63) is 95.6 Å². The van der Waals surface area contributed by atoms with Crippen molar-refractivity contribution in [1.29, 1.82) is 0 Å². The second kappa shape index (κ2) is 8.72. The Labute approximate surface area is 153 Å². The molecule has 0 fully saturated rings. The van der Waals surface area contributed by atoms with Crippen LogP contribution in [-0.2, 0) is 24.4 Å². The van der Waals surface area contributed by atoms with Gasteiger partial charge in [-0.2, -0.15) is 0 Å². The van der Waals surface area contributed by atoms with Gasteiger partial charge in [0.25, 0.3) is 0 Å². The summed E-state index contributed by atoms with van der Waals surface area (Å²) in [5.74, 6) is 0.908. The van der Waals surface area contributed by atoms with Gasteiger partial charge in [-0.15, -0.1) is 0 Å². The molecule has 0 bridgehead atoms. The molecule has 0 saturated carbocycles. The molecule has 3 aromatic carbocycles. The minimum atomic E-state index is -0.390. The molecular weight excluding hydrogens is 326 g/mol. The normalized spacial score (nSPS) is 10.3. The Bertz CT molecular complexity index is 786. The van der Waals surface area contributed by atoms with Crippen molar-refractivity contribution in [3.8, 4) is 11.5 Å². The number of ether oxygens (including phenoxy) is 2. The van der Waals surface area contributed by atoms with Crippen LogP contribution in [0.3, 0.4) is 0 Å². The van der Waals surface area contributed by atoms with E-state index in [9.17, 15) is 4.79 Å². The maximum absolute atomic E-state index is 11.3. The van der Waals surface area contributed by atoms with Gasteiger partial charge in [-0.1, -0.05) is 60.7 Å². The van der Waals surface area contributed by atoms with Crippen LogP contribution in [0.1, 0.15) is 16.7 Å². The van der Waals surface area contributed by atoms with Gasteiger partial charge in [0.1, 0.15) is 24.7 Å². The Morgan fingerprint density at radius 3 is 1.58 bits per heavy atom. The number of benzene rings is 3. The van der Waals surface area contributed by atoms with Crippen LogP contribution in [0.2, 0.25) is 0 Å². The molecule has 1 amide bonds. The number of hydrogen-bond acceptors (Lipinski definition) is 3. The Balaban J connectivity index is 1.73. The Kier molecular flexibility index (Phi) is 5.88. The first-order valence-corrected chi connectivity index (χ1v) is 8.45. The first kappa shape index (κ1) is 17.5. The van der Waals surface area contributed by atoms with E-state index < -0.39 is 0 Å². The van der Waals surface area contributed by atoms with Crippen LogP contribution in [-0.4, -0.2) is 5.91 Å². The smallest absolute Gasteiger partial charge is 0.221 e. The summed E-state index contributed by atoms with van der Waals surface area (Å²) in [5, 5.41) is 0. The third-order valence-corrected chi connectivity index (χ3v) is 3.81. The molecule has 0 radical (unpaired) electrons. The van der Waals surface area contributed by atoms with E-state index in [0.717, 1.165) is 16.7 Å². The van der Waals surface area contributed by atoms with Gasteiger partial charge in [-0.25, -0.2) is 0 Å². The number of nitrogens with two attached hydrogens (primary N) is 1. The van der Waals surface area contributed by atoms with Crippen molar-refractivity contribution in [3.63, 3.8) is 0 Å². The van der Waals surface area contributed by atoms with E-state index in [-0.39, 0.29) is 12.3 Å². The first-order valence-electron chi connectivity index (χ1n) is 8.45. The van der Waals surface area contributed by atoms with E-state index in [0.29, 0.717) is 24.7 Å². The van der Waals surface area contributed by atoms with Crippen molar-refractivity contribution in [2.45, 2.75) is 19.6 Å². The number of carbonyl (C=O) groups excluding carboxylic acids is 1. The van der Waals surface area contributed by atoms with Crippen molar-refractivity contribution in [2.24, 2.45) is 5.73 Å². The molecule has 0 spiro atoms. The average molecular weight is 347 g/mol. The molecule has 4 nitrogen and oxygen atoms in total. The fourth-order valence-corrected chi connectivity index (χ4v) is 2.58. The molecule has 0 atom stereocenters. The Hall–Kier alpha value is -3.27. The van der Waals surface area contributed by atoms with Crippen LogP contribution < -0.4 is 15.2 Å². The van der Waals surface area contributed by atoms with Crippen LogP contribution in [0.25, 0.3) is 0 Å². The zero-order chi connectivity index (χ0) is 18.2. The summed E-state index contributed by atoms with van der Waals surface area (Å²) in [4.78, 5) is 11.3. The highest BCUT2D eigenvalue weighted by Crippen LogP contribution is 2.25. The van der Waals surface area contributed by atoms with Crippen molar-refractivity contribution in [2.75, 3.05) is 0 Å². The quantitative estimate of drug-likeness (QED) is 0.673. The van der Waals surface area contributed by atoms with Crippen molar-refractivity contribution >= 4 is 5.91 Å². The fraction of sp³-hybridized carbons (Fsp3) is 0.136. The first-order chi connectivity index (χ1) is 12.7. The zero-order valence-corrected chi connectivity index (χ0v) is 14.4. The lowest BCUT2D eigenvalue weighted by Gasteiger charge is -2.12. The third kappa shape index (κ3) is 5.38. The van der Waals surface area contributed by atoms with E-state index in [1.54, 1.807) is 0 Å². The van der Waals surface area contributed by atoms with Crippen molar-refractivity contribution in [1.82, 2.24) is 0 Å². The van der Waals surface area contributed by atoms with Crippen LogP contribution in [0, 0.1) is 0 Å². The van der Waals surface area contributed by atoms with Gasteiger partial charge in [-0.3, -0.25) is 4.79 Å². The van der Waals surface area contributed by atoms with Crippen LogP contribution in [0.4, 0.5) is 0 Å². The lowest BCUT2D eigenvalue weighted by Crippen LogP contribution is -2.13. The zero-order valence-electron chi connectivity index (χ0n) is 14.4. The molecule has 0 aliphatic rings. The standard InChI is InChI=1S/C22H21NO3/c23-22(24)13-19-11-20(25-15-17-7-3-1-4-8-17)14-21(12-19)26-16-18-9-5-2-6-10-18/h1-12,14H,13,15-16H2,(H2,23,24). The fourth-order valence-electron chi connectivity index (χ4n) is 2.58. The summed E-state index contributed by atoms with van der Waals surface area (Å²) in [6.07, 6.45) is 0.143. The predicted octanol–water partition coefficient (Wildman–Crippen LogP) is 3.87. The molecule has 2 N–H and O–H groups in total. The maximum atomic E-state index is 11.3. The lowest BCUT2D eigenvalue weighted by molar-refractivity contribution is -0.117. The van der Waals surface area contributed by atoms with Gasteiger partial charge >= 0.3 is 0 Å². The molecule has 0 aromatic heterocycles. The number of carbonyl (C=O) groups is 1. The Morgan fingerprint density at radius 1 is 0.692 bits per heavy atom. The van der Waals surface area contributed by atoms with E-state index in [1.807, 2.05) is 78.9 Å². The molecule has 0 heterocycles. The van der Waals surface area contributed by atoms with Crippen molar-refractivity contribution < 1.29 is 14.3 Å². The highest BCUT2D eigenvalue weighted by molar-refractivity contribution is 5.76. The maximum Gasteiger partial charge on any atom is 0.221 e. The molecule has 4 heteroatoms. The molecule has 0 aliphatic heterocycles. The largest absolute Gasteiger partial charge is 0.489 e. The van der Waals surface area contributed by atoms with Gasteiger partial charge in [0.05, 0.1) is 6.42 Å². The monoisotopic (exact) mass is 347 g/mol. The third-order valence-electron chi connectivity index (χ3n) is 3.81. The molecule has 0 aliphatic carbocycles.